The predicted octanol–water partition coefficient (Wildman–Crippen LogP) is 4.27. The maximum absolute atomic E-state index is 13.3. The Morgan fingerprint density at radius 2 is 2.00 bits per heavy atom. The summed E-state index contributed by atoms with van der Waals surface area (Å²) in [5.74, 6) is 0.567. The molecule has 1 aliphatic carbocycles. The fraction of sp³-hybridized carbons (Fsp3) is 0.538. The van der Waals surface area contributed by atoms with E-state index in [0.29, 0.717) is 18.8 Å². The summed E-state index contributed by atoms with van der Waals surface area (Å²) in [7, 11) is 0. The van der Waals surface area contributed by atoms with E-state index in [4.69, 9.17) is 4.74 Å². The molecular formula is C26H33FN4O2. The second kappa shape index (κ2) is 8.93. The molecule has 1 aromatic carbocycles. The zero-order chi connectivity index (χ0) is 23.0. The molecule has 2 aromatic rings. The van der Waals surface area contributed by atoms with Crippen LogP contribution in [-0.2, 0) is 19.5 Å². The fourth-order valence-corrected chi connectivity index (χ4v) is 5.10. The Bertz CT molecular complexity index is 998. The summed E-state index contributed by atoms with van der Waals surface area (Å²) in [5.41, 5.74) is 2.77. The number of nitrogens with one attached hydrogen (secondary N) is 1. The minimum atomic E-state index is -0.365. The third-order valence-corrected chi connectivity index (χ3v) is 6.96. The number of pyridine rings is 1. The normalized spacial score (nSPS) is 20.2. The van der Waals surface area contributed by atoms with Crippen LogP contribution in [0.15, 0.2) is 36.5 Å². The number of ether oxygens (including phenoxy) is 1. The maximum Gasteiger partial charge on any atom is 0.318 e. The molecule has 0 radical (unpaired) electrons. The smallest absolute Gasteiger partial charge is 0.318 e. The molecule has 6 nitrogen and oxygen atoms in total. The molecular weight excluding hydrogens is 419 g/mol. The van der Waals surface area contributed by atoms with Gasteiger partial charge in [0.15, 0.2) is 0 Å². The van der Waals surface area contributed by atoms with E-state index < -0.39 is 0 Å². The second-order valence-corrected chi connectivity index (χ2v) is 10.2. The number of piperidine rings is 1. The first-order chi connectivity index (χ1) is 15.9. The standard InChI is InChI=1S/C26H33FN4O2/c1-26(2)14-19-13-18(3-8-24(19)33-26)15-29-25(32)31(17-21-5-4-20(27)16-28-21)23-9-11-30(12-10-23)22-6-7-22/h3-5,8,13,16,22-23H,6-7,9-12,14-15,17H2,1-2H3,(H,29,32). The minimum Gasteiger partial charge on any atom is -0.487 e. The van der Waals surface area contributed by atoms with Crippen LogP contribution in [0.2, 0.25) is 0 Å². The summed E-state index contributed by atoms with van der Waals surface area (Å²) in [4.78, 5) is 22.0. The molecule has 1 aromatic heterocycles. The number of likely N-dealkylation sites (tertiary alicyclic amines) is 1. The van der Waals surface area contributed by atoms with Gasteiger partial charge in [0.1, 0.15) is 17.2 Å². The molecule has 176 valence electrons. The highest BCUT2D eigenvalue weighted by Crippen LogP contribution is 2.35. The number of aromatic nitrogens is 1. The monoisotopic (exact) mass is 452 g/mol. The number of halogens is 1. The molecule has 2 amide bonds. The van der Waals surface area contributed by atoms with Crippen molar-refractivity contribution in [1.82, 2.24) is 20.1 Å². The van der Waals surface area contributed by atoms with Gasteiger partial charge >= 0.3 is 6.03 Å². The van der Waals surface area contributed by atoms with E-state index in [1.165, 1.54) is 30.7 Å². The number of carbonyl (C=O) groups excluding carboxylic acids is 1. The lowest BCUT2D eigenvalue weighted by atomic mass is 10.0. The van der Waals surface area contributed by atoms with Crippen molar-refractivity contribution in [2.75, 3.05) is 13.1 Å². The quantitative estimate of drug-likeness (QED) is 0.711. The van der Waals surface area contributed by atoms with Gasteiger partial charge in [0.25, 0.3) is 0 Å². The Morgan fingerprint density at radius 1 is 1.21 bits per heavy atom. The van der Waals surface area contributed by atoms with Crippen LogP contribution in [0.3, 0.4) is 0 Å². The molecule has 0 atom stereocenters. The van der Waals surface area contributed by atoms with Gasteiger partial charge in [-0.3, -0.25) is 4.98 Å². The van der Waals surface area contributed by atoms with Crippen molar-refractivity contribution >= 4 is 6.03 Å². The lowest BCUT2D eigenvalue weighted by Gasteiger charge is -2.38. The summed E-state index contributed by atoms with van der Waals surface area (Å²) < 4.78 is 19.3. The number of hydrogen-bond donors (Lipinski definition) is 1. The Balaban J connectivity index is 1.25. The Hall–Kier alpha value is -2.67. The molecule has 1 saturated carbocycles. The first-order valence-electron chi connectivity index (χ1n) is 12.1. The highest BCUT2D eigenvalue weighted by Gasteiger charge is 2.35. The van der Waals surface area contributed by atoms with Crippen molar-refractivity contribution in [3.63, 3.8) is 0 Å². The van der Waals surface area contributed by atoms with Crippen molar-refractivity contribution in [2.45, 2.75) is 76.7 Å². The number of urea groups is 1. The fourth-order valence-electron chi connectivity index (χ4n) is 5.10. The molecule has 0 unspecified atom stereocenters. The molecule has 0 bridgehead atoms. The van der Waals surface area contributed by atoms with Gasteiger partial charge in [0.05, 0.1) is 18.4 Å². The van der Waals surface area contributed by atoms with Crippen LogP contribution >= 0.6 is 0 Å². The first kappa shape index (κ1) is 22.1. The number of benzene rings is 1. The van der Waals surface area contributed by atoms with Crippen LogP contribution in [0.4, 0.5) is 9.18 Å². The van der Waals surface area contributed by atoms with E-state index in [0.717, 1.165) is 49.7 Å². The molecule has 1 N–H and O–H groups in total. The lowest BCUT2D eigenvalue weighted by molar-refractivity contribution is 0.112. The second-order valence-electron chi connectivity index (χ2n) is 10.2. The number of fused-ring (bicyclic) bond motifs is 1. The molecule has 0 spiro atoms. The van der Waals surface area contributed by atoms with Crippen molar-refractivity contribution in [3.8, 4) is 5.75 Å². The number of nitrogens with zero attached hydrogens (tertiary/aromatic N) is 3. The van der Waals surface area contributed by atoms with Crippen LogP contribution < -0.4 is 10.1 Å². The van der Waals surface area contributed by atoms with Crippen molar-refractivity contribution in [1.29, 1.82) is 0 Å². The van der Waals surface area contributed by atoms with Crippen LogP contribution in [0.5, 0.6) is 5.75 Å². The van der Waals surface area contributed by atoms with Crippen LogP contribution in [0.1, 0.15) is 56.4 Å². The van der Waals surface area contributed by atoms with Gasteiger partial charge in [-0.2, -0.15) is 0 Å². The average Bonchev–Trinajstić information content (AvgIpc) is 3.59. The third-order valence-electron chi connectivity index (χ3n) is 6.96. The van der Waals surface area contributed by atoms with Gasteiger partial charge in [-0.25, -0.2) is 9.18 Å². The molecule has 5 rings (SSSR count). The summed E-state index contributed by atoms with van der Waals surface area (Å²) in [6.07, 6.45) is 6.60. The maximum atomic E-state index is 13.3. The lowest BCUT2D eigenvalue weighted by Crippen LogP contribution is -2.50. The predicted molar refractivity (Wildman–Crippen MR) is 124 cm³/mol. The number of hydrogen-bond acceptors (Lipinski definition) is 4. The molecule has 2 aliphatic heterocycles. The number of rotatable bonds is 6. The van der Waals surface area contributed by atoms with E-state index in [1.807, 2.05) is 17.0 Å². The van der Waals surface area contributed by atoms with Crippen molar-refractivity contribution < 1.29 is 13.9 Å². The van der Waals surface area contributed by atoms with Gasteiger partial charge < -0.3 is 19.9 Å². The third kappa shape index (κ3) is 5.29. The highest BCUT2D eigenvalue weighted by molar-refractivity contribution is 5.74. The van der Waals surface area contributed by atoms with Gasteiger partial charge in [0.2, 0.25) is 0 Å². The highest BCUT2D eigenvalue weighted by atomic mass is 19.1. The topological polar surface area (TPSA) is 57.7 Å². The van der Waals surface area contributed by atoms with Gasteiger partial charge in [0, 0.05) is 38.1 Å². The van der Waals surface area contributed by atoms with E-state index in [9.17, 15) is 9.18 Å². The van der Waals surface area contributed by atoms with Gasteiger partial charge in [-0.1, -0.05) is 12.1 Å². The van der Waals surface area contributed by atoms with E-state index in [1.54, 1.807) is 6.07 Å². The van der Waals surface area contributed by atoms with Crippen molar-refractivity contribution in [2.24, 2.45) is 0 Å². The molecule has 2 fully saturated rings. The van der Waals surface area contributed by atoms with Gasteiger partial charge in [-0.05, 0) is 68.9 Å². The molecule has 3 aliphatic rings. The summed E-state index contributed by atoms with van der Waals surface area (Å²) in [6.45, 7) is 7.06. The number of amides is 2. The Kier molecular flexibility index (Phi) is 5.99. The first-order valence-corrected chi connectivity index (χ1v) is 12.1. The SMILES string of the molecule is CC1(C)Cc2cc(CNC(=O)N(Cc3ccc(F)cn3)C3CCN(C4CC4)CC3)ccc2O1. The van der Waals surface area contributed by atoms with Crippen LogP contribution in [0, 0.1) is 5.82 Å². The zero-order valence-corrected chi connectivity index (χ0v) is 19.5. The Labute approximate surface area is 195 Å². The molecule has 1 saturated heterocycles. The van der Waals surface area contributed by atoms with E-state index >= 15 is 0 Å². The minimum absolute atomic E-state index is 0.0944. The summed E-state index contributed by atoms with van der Waals surface area (Å²) >= 11 is 0. The van der Waals surface area contributed by atoms with Gasteiger partial charge in [-0.15, -0.1) is 0 Å². The van der Waals surface area contributed by atoms with E-state index in [2.05, 4.69) is 35.1 Å². The summed E-state index contributed by atoms with van der Waals surface area (Å²) in [5, 5.41) is 3.12. The molecule has 3 heterocycles. The molecule has 7 heteroatoms. The summed E-state index contributed by atoms with van der Waals surface area (Å²) in [6, 6.07) is 10.0. The molecule has 33 heavy (non-hydrogen) atoms. The largest absolute Gasteiger partial charge is 0.487 e. The van der Waals surface area contributed by atoms with Crippen LogP contribution in [0.25, 0.3) is 0 Å². The van der Waals surface area contributed by atoms with E-state index in [-0.39, 0.29) is 23.5 Å². The number of carbonyl (C=O) groups is 1. The zero-order valence-electron chi connectivity index (χ0n) is 19.5. The van der Waals surface area contributed by atoms with Crippen LogP contribution in [-0.4, -0.2) is 51.6 Å². The average molecular weight is 453 g/mol. The Morgan fingerprint density at radius 3 is 2.70 bits per heavy atom. The van der Waals surface area contributed by atoms with Crippen molar-refractivity contribution in [3.05, 3.63) is 59.2 Å².